The molecule has 0 aliphatic carbocycles. The Morgan fingerprint density at radius 3 is 2.37 bits per heavy atom. The van der Waals surface area contributed by atoms with Crippen LogP contribution < -0.4 is 5.32 Å². The van der Waals surface area contributed by atoms with Crippen LogP contribution in [-0.4, -0.2) is 29.6 Å². The number of hydrogen-bond donors (Lipinski definition) is 1. The highest BCUT2D eigenvalue weighted by Gasteiger charge is 2.15. The maximum atomic E-state index is 12.9. The normalized spacial score (nSPS) is 12.2. The van der Waals surface area contributed by atoms with Crippen molar-refractivity contribution in [1.82, 2.24) is 9.88 Å². The summed E-state index contributed by atoms with van der Waals surface area (Å²) in [6.07, 6.45) is 15.8. The van der Waals surface area contributed by atoms with E-state index >= 15 is 0 Å². The second-order valence-corrected chi connectivity index (χ2v) is 10.3. The van der Waals surface area contributed by atoms with Crippen LogP contribution >= 0.6 is 0 Å². The van der Waals surface area contributed by atoms with E-state index in [1.54, 1.807) is 6.08 Å². The van der Waals surface area contributed by atoms with Crippen molar-refractivity contribution in [3.63, 3.8) is 0 Å². The minimum atomic E-state index is -0.434. The lowest BCUT2D eigenvalue weighted by molar-refractivity contribution is -0.135. The van der Waals surface area contributed by atoms with E-state index in [0.29, 0.717) is 12.8 Å². The number of allylic oxidation sites excluding steroid dienone is 1. The molecule has 1 amide bonds. The molecule has 1 atom stereocenters. The van der Waals surface area contributed by atoms with Crippen molar-refractivity contribution in [1.29, 1.82) is 0 Å². The minimum Gasteiger partial charge on any atom is -0.466 e. The fourth-order valence-corrected chi connectivity index (χ4v) is 5.06. The molecule has 212 valence electrons. The second kappa shape index (κ2) is 16.0. The first-order valence-electron chi connectivity index (χ1n) is 14.5. The molecule has 4 rings (SSSR count). The average Bonchev–Trinajstić information content (AvgIpc) is 3.35. The van der Waals surface area contributed by atoms with Crippen molar-refractivity contribution in [2.75, 3.05) is 7.11 Å². The number of para-hydroxylation sites is 1. The van der Waals surface area contributed by atoms with E-state index in [0.717, 1.165) is 60.7 Å². The van der Waals surface area contributed by atoms with Gasteiger partial charge in [-0.3, -0.25) is 4.79 Å². The summed E-state index contributed by atoms with van der Waals surface area (Å²) in [5.41, 5.74) is 4.78. The van der Waals surface area contributed by atoms with Crippen LogP contribution in [0.2, 0.25) is 0 Å². The van der Waals surface area contributed by atoms with Crippen molar-refractivity contribution in [2.24, 2.45) is 0 Å². The van der Waals surface area contributed by atoms with Crippen LogP contribution in [-0.2, 0) is 33.7 Å². The number of nitrogens with one attached hydrogen (secondary N) is 1. The van der Waals surface area contributed by atoms with Crippen LogP contribution in [0, 0.1) is 0 Å². The Morgan fingerprint density at radius 2 is 1.59 bits per heavy atom. The first kappa shape index (κ1) is 29.6. The number of benzene rings is 3. The van der Waals surface area contributed by atoms with Gasteiger partial charge in [0, 0.05) is 36.1 Å². The van der Waals surface area contributed by atoms with Gasteiger partial charge in [-0.15, -0.1) is 0 Å². The van der Waals surface area contributed by atoms with Crippen molar-refractivity contribution < 1.29 is 14.3 Å². The van der Waals surface area contributed by atoms with Gasteiger partial charge in [0.1, 0.15) is 0 Å². The molecule has 0 aliphatic rings. The number of ether oxygens (including phenoxy) is 1. The zero-order valence-corrected chi connectivity index (χ0v) is 23.9. The number of methoxy groups -OCH3 is 1. The molecule has 4 aromatic rings. The van der Waals surface area contributed by atoms with E-state index in [1.165, 1.54) is 18.7 Å². The van der Waals surface area contributed by atoms with Gasteiger partial charge in [-0.05, 0) is 48.4 Å². The number of aryl methyl sites for hydroxylation is 1. The number of hydrogen-bond acceptors (Lipinski definition) is 3. The zero-order chi connectivity index (χ0) is 28.7. The van der Waals surface area contributed by atoms with Crippen molar-refractivity contribution >= 4 is 28.9 Å². The molecule has 0 spiro atoms. The largest absolute Gasteiger partial charge is 0.466 e. The summed E-state index contributed by atoms with van der Waals surface area (Å²) in [5, 5.41) is 4.29. The molecule has 0 bridgehead atoms. The molecule has 1 unspecified atom stereocenters. The number of esters is 1. The van der Waals surface area contributed by atoms with Crippen LogP contribution in [0.25, 0.3) is 17.0 Å². The summed E-state index contributed by atoms with van der Waals surface area (Å²) in [5.74, 6) is -0.432. The first-order chi connectivity index (χ1) is 20.1. The molecular formula is C36H40N2O3. The number of rotatable bonds is 15. The predicted octanol–water partition coefficient (Wildman–Crippen LogP) is 7.30. The van der Waals surface area contributed by atoms with E-state index in [9.17, 15) is 9.59 Å². The highest BCUT2D eigenvalue weighted by atomic mass is 16.5. The summed E-state index contributed by atoms with van der Waals surface area (Å²) in [6, 6.07) is 28.7. The Labute approximate surface area is 243 Å². The highest BCUT2D eigenvalue weighted by Crippen LogP contribution is 2.23. The monoisotopic (exact) mass is 548 g/mol. The van der Waals surface area contributed by atoms with Crippen molar-refractivity contribution in [2.45, 2.75) is 57.5 Å². The number of unbranched alkanes of at least 4 members (excludes halogenated alkanes) is 3. The van der Waals surface area contributed by atoms with Gasteiger partial charge in [0.05, 0.1) is 13.2 Å². The van der Waals surface area contributed by atoms with Gasteiger partial charge in [0.25, 0.3) is 0 Å². The van der Waals surface area contributed by atoms with Crippen LogP contribution in [0.5, 0.6) is 0 Å². The van der Waals surface area contributed by atoms with Gasteiger partial charge in [-0.1, -0.05) is 110 Å². The van der Waals surface area contributed by atoms with Gasteiger partial charge in [0.2, 0.25) is 5.91 Å². The van der Waals surface area contributed by atoms with Crippen LogP contribution in [0.3, 0.4) is 0 Å². The van der Waals surface area contributed by atoms with Gasteiger partial charge in [0.15, 0.2) is 0 Å². The molecule has 3 aromatic carbocycles. The van der Waals surface area contributed by atoms with E-state index in [1.807, 2.05) is 36.4 Å². The third-order valence-electron chi connectivity index (χ3n) is 7.20. The second-order valence-electron chi connectivity index (χ2n) is 10.3. The number of carbonyl (C=O) groups is 2. The van der Waals surface area contributed by atoms with Crippen LogP contribution in [0.15, 0.2) is 109 Å². The Hall–Kier alpha value is -4.38. The van der Waals surface area contributed by atoms with E-state index in [2.05, 4.69) is 76.8 Å². The number of amides is 1. The fourth-order valence-electron chi connectivity index (χ4n) is 5.06. The SMILES string of the molecule is COC(=O)C=CC(Cc1cn(CC=Cc2ccccc2)c2ccccc12)NC(=O)CCCCCCc1ccccc1. The summed E-state index contributed by atoms with van der Waals surface area (Å²) in [6.45, 7) is 0.731. The lowest BCUT2D eigenvalue weighted by Crippen LogP contribution is -2.35. The molecule has 0 aliphatic heterocycles. The van der Waals surface area contributed by atoms with Gasteiger partial charge >= 0.3 is 5.97 Å². The van der Waals surface area contributed by atoms with E-state index < -0.39 is 5.97 Å². The highest BCUT2D eigenvalue weighted by molar-refractivity contribution is 5.85. The summed E-state index contributed by atoms with van der Waals surface area (Å²) in [4.78, 5) is 24.7. The zero-order valence-electron chi connectivity index (χ0n) is 23.9. The smallest absolute Gasteiger partial charge is 0.330 e. The predicted molar refractivity (Wildman–Crippen MR) is 167 cm³/mol. The molecule has 0 saturated heterocycles. The summed E-state index contributed by atoms with van der Waals surface area (Å²) < 4.78 is 7.02. The van der Waals surface area contributed by atoms with E-state index in [4.69, 9.17) is 4.74 Å². The lowest BCUT2D eigenvalue weighted by atomic mass is 10.0. The third kappa shape index (κ3) is 9.64. The Morgan fingerprint density at radius 1 is 0.878 bits per heavy atom. The third-order valence-corrected chi connectivity index (χ3v) is 7.20. The number of aromatic nitrogens is 1. The molecule has 0 saturated carbocycles. The Balaban J connectivity index is 1.36. The molecular weight excluding hydrogens is 508 g/mol. The summed E-state index contributed by atoms with van der Waals surface area (Å²) in [7, 11) is 1.36. The van der Waals surface area contributed by atoms with E-state index in [-0.39, 0.29) is 11.9 Å². The van der Waals surface area contributed by atoms with Gasteiger partial charge in [-0.25, -0.2) is 4.79 Å². The quantitative estimate of drug-likeness (QED) is 0.0963. The van der Waals surface area contributed by atoms with Crippen molar-refractivity contribution in [3.05, 3.63) is 126 Å². The topological polar surface area (TPSA) is 60.3 Å². The molecule has 0 radical (unpaired) electrons. The number of fused-ring (bicyclic) bond motifs is 1. The molecule has 1 N–H and O–H groups in total. The maximum Gasteiger partial charge on any atom is 0.330 e. The first-order valence-corrected chi connectivity index (χ1v) is 14.5. The number of carbonyl (C=O) groups excluding carboxylic acids is 2. The molecule has 41 heavy (non-hydrogen) atoms. The molecule has 5 nitrogen and oxygen atoms in total. The molecule has 1 aromatic heterocycles. The number of nitrogens with zero attached hydrogens (tertiary/aromatic N) is 1. The average molecular weight is 549 g/mol. The van der Waals surface area contributed by atoms with Gasteiger partial charge in [-0.2, -0.15) is 0 Å². The molecule has 1 heterocycles. The van der Waals surface area contributed by atoms with Crippen LogP contribution in [0.1, 0.15) is 48.8 Å². The fraction of sp³-hybridized carbons (Fsp3) is 0.278. The van der Waals surface area contributed by atoms with Gasteiger partial charge < -0.3 is 14.6 Å². The van der Waals surface area contributed by atoms with Crippen LogP contribution in [0.4, 0.5) is 0 Å². The standard InChI is InChI=1S/C36H40N2O3/c1-41-36(40)25-24-32(37-35(39)23-11-3-2-6-15-29-16-7-4-8-17-29)27-31-28-38(34-22-13-12-21-33(31)34)26-14-20-30-18-9-5-10-19-30/h4-5,7-10,12-14,16-22,24-25,28,32H,2-3,6,11,15,23,26-27H2,1H3,(H,37,39). The lowest BCUT2D eigenvalue weighted by Gasteiger charge is -2.15. The Kier molecular flexibility index (Phi) is 11.6. The van der Waals surface area contributed by atoms with Crippen molar-refractivity contribution in [3.8, 4) is 0 Å². The molecule has 0 fully saturated rings. The summed E-state index contributed by atoms with van der Waals surface area (Å²) >= 11 is 0. The minimum absolute atomic E-state index is 0.00195. The molecule has 5 heteroatoms. The Bertz CT molecular complexity index is 1440. The maximum absolute atomic E-state index is 12.9.